The predicted octanol–water partition coefficient (Wildman–Crippen LogP) is 15.9. The monoisotopic (exact) mass is 819 g/mol. The summed E-state index contributed by atoms with van der Waals surface area (Å²) in [7, 11) is 0. The van der Waals surface area contributed by atoms with Crippen LogP contribution in [0.15, 0.2) is 236 Å². The van der Waals surface area contributed by atoms with Gasteiger partial charge in [0.2, 0.25) is 0 Å². The maximum Gasteiger partial charge on any atom is 0.0714 e. The van der Waals surface area contributed by atoms with Gasteiger partial charge >= 0.3 is 0 Å². The van der Waals surface area contributed by atoms with Gasteiger partial charge in [-0.2, -0.15) is 0 Å². The van der Waals surface area contributed by atoms with E-state index in [0.29, 0.717) is 11.8 Å². The van der Waals surface area contributed by atoms with E-state index in [9.17, 15) is 0 Å². The van der Waals surface area contributed by atoms with Crippen LogP contribution in [0.5, 0.6) is 0 Å². The van der Waals surface area contributed by atoms with E-state index in [0.717, 1.165) is 5.69 Å². The maximum atomic E-state index is 2.59. The van der Waals surface area contributed by atoms with Gasteiger partial charge in [0.15, 0.2) is 0 Å². The van der Waals surface area contributed by atoms with E-state index in [1.54, 1.807) is 0 Å². The third-order valence-corrected chi connectivity index (χ3v) is 15.5. The minimum absolute atomic E-state index is 0.0347. The van der Waals surface area contributed by atoms with Gasteiger partial charge < -0.3 is 4.90 Å². The molecule has 6 aliphatic carbocycles. The molecule has 1 saturated carbocycles. The fraction of sp³-hybridized carbons (Fsp3) is 0.143. The molecular formula is C63H49N. The molecule has 1 spiro atoms. The zero-order valence-corrected chi connectivity index (χ0v) is 36.0. The van der Waals surface area contributed by atoms with Crippen LogP contribution in [0.25, 0.3) is 27.8 Å². The Bertz CT molecular complexity index is 3160. The molecule has 7 aromatic carbocycles. The molecular weight excluding hydrogens is 771 g/mol. The summed E-state index contributed by atoms with van der Waals surface area (Å²) in [4.78, 5) is 2.59. The Balaban J connectivity index is 1.05. The minimum atomic E-state index is -0.506. The molecule has 0 aromatic heterocycles. The van der Waals surface area contributed by atoms with Gasteiger partial charge in [-0.3, -0.25) is 0 Å². The molecule has 0 bridgehead atoms. The molecule has 0 radical (unpaired) electrons. The summed E-state index contributed by atoms with van der Waals surface area (Å²) in [6.45, 7) is 0. The van der Waals surface area contributed by atoms with Crippen molar-refractivity contribution in [1.29, 1.82) is 0 Å². The second-order valence-electron chi connectivity index (χ2n) is 18.6. The minimum Gasteiger partial charge on any atom is -0.310 e. The zero-order chi connectivity index (χ0) is 42.2. The second kappa shape index (κ2) is 14.7. The topological polar surface area (TPSA) is 3.24 Å². The Hall–Kier alpha value is -7.22. The lowest BCUT2D eigenvalue weighted by Gasteiger charge is -2.37. The Kier molecular flexibility index (Phi) is 8.57. The summed E-state index contributed by atoms with van der Waals surface area (Å²) in [5, 5.41) is 0. The number of fused-ring (bicyclic) bond motifs is 11. The first-order chi connectivity index (χ1) is 31.7. The average molecular weight is 820 g/mol. The lowest BCUT2D eigenvalue weighted by atomic mass is 9.67. The number of allylic oxidation sites excluding steroid dienone is 12. The normalized spacial score (nSPS) is 19.9. The molecule has 6 aliphatic rings. The van der Waals surface area contributed by atoms with Crippen LogP contribution in [0.1, 0.15) is 71.0 Å². The number of hydrogen-bond acceptors (Lipinski definition) is 1. The van der Waals surface area contributed by atoms with Crippen LogP contribution in [-0.2, 0) is 10.8 Å². The van der Waals surface area contributed by atoms with Crippen LogP contribution in [0, 0.1) is 11.8 Å². The Morgan fingerprint density at radius 2 is 0.984 bits per heavy atom. The van der Waals surface area contributed by atoms with Crippen LogP contribution in [-0.4, -0.2) is 0 Å². The number of benzene rings is 7. The van der Waals surface area contributed by atoms with Crippen molar-refractivity contribution in [2.24, 2.45) is 11.8 Å². The van der Waals surface area contributed by atoms with Crippen LogP contribution >= 0.6 is 0 Å². The van der Waals surface area contributed by atoms with Gasteiger partial charge in [0, 0.05) is 34.2 Å². The van der Waals surface area contributed by atoms with Gasteiger partial charge in [0.25, 0.3) is 0 Å². The first kappa shape index (κ1) is 37.3. The van der Waals surface area contributed by atoms with E-state index in [-0.39, 0.29) is 5.41 Å². The molecule has 2 atom stereocenters. The van der Waals surface area contributed by atoms with Gasteiger partial charge in [-0.15, -0.1) is 0 Å². The second-order valence-corrected chi connectivity index (χ2v) is 18.6. The highest BCUT2D eigenvalue weighted by Gasteiger charge is 2.47. The molecule has 13 rings (SSSR count). The van der Waals surface area contributed by atoms with E-state index in [1.165, 1.54) is 121 Å². The smallest absolute Gasteiger partial charge is 0.0714 e. The number of nitrogens with zero attached hydrogens (tertiary/aromatic N) is 1. The van der Waals surface area contributed by atoms with E-state index in [2.05, 4.69) is 229 Å². The third-order valence-electron chi connectivity index (χ3n) is 15.5. The Morgan fingerprint density at radius 1 is 0.422 bits per heavy atom. The van der Waals surface area contributed by atoms with Crippen molar-refractivity contribution in [3.05, 3.63) is 275 Å². The predicted molar refractivity (Wildman–Crippen MR) is 266 cm³/mol. The van der Waals surface area contributed by atoms with Crippen molar-refractivity contribution in [1.82, 2.24) is 0 Å². The molecule has 306 valence electrons. The summed E-state index contributed by atoms with van der Waals surface area (Å²) in [6.07, 6.45) is 27.2. The maximum absolute atomic E-state index is 2.59. The Morgan fingerprint density at radius 3 is 1.72 bits per heavy atom. The van der Waals surface area contributed by atoms with Crippen molar-refractivity contribution < 1.29 is 0 Å². The van der Waals surface area contributed by atoms with E-state index in [4.69, 9.17) is 0 Å². The number of hydrogen-bond donors (Lipinski definition) is 0. The average Bonchev–Trinajstić information content (AvgIpc) is 3.81. The standard InChI is InChI=1S/C63H49N/c1-4-19-46(20-5-1)63(47-21-6-2-7-22-47)58-28-14-11-26-54(58)56-37-34-49(42-60(56)63)64(48-33-36-55-53-25-10-13-27-57(53)62(59(55)41-48)38-16-3-17-39-62)61-29-15-12-24-52(61)45-32-35-51-44(40-45)31-30-43-18-8-9-23-50(43)51/h1-2,4-15,18-37,40-42,50-51H,3,16-17,38-39H2. The molecule has 1 nitrogen and oxygen atoms in total. The van der Waals surface area contributed by atoms with Crippen LogP contribution in [0.3, 0.4) is 0 Å². The van der Waals surface area contributed by atoms with Crippen molar-refractivity contribution in [2.45, 2.75) is 42.9 Å². The first-order valence-corrected chi connectivity index (χ1v) is 23.4. The van der Waals surface area contributed by atoms with E-state index in [1.807, 2.05) is 0 Å². The van der Waals surface area contributed by atoms with Gasteiger partial charge in [-0.05, 0) is 116 Å². The molecule has 7 aromatic rings. The fourth-order valence-corrected chi connectivity index (χ4v) is 12.7. The van der Waals surface area contributed by atoms with Crippen LogP contribution in [0.2, 0.25) is 0 Å². The van der Waals surface area contributed by atoms with Crippen LogP contribution in [0.4, 0.5) is 17.1 Å². The lowest BCUT2D eigenvalue weighted by molar-refractivity contribution is 0.353. The molecule has 1 heteroatoms. The Labute approximate surface area is 377 Å². The summed E-state index contributed by atoms with van der Waals surface area (Å²) in [5.41, 5.74) is 21.9. The van der Waals surface area contributed by atoms with Gasteiger partial charge in [-0.25, -0.2) is 0 Å². The largest absolute Gasteiger partial charge is 0.310 e. The molecule has 64 heavy (non-hydrogen) atoms. The summed E-state index contributed by atoms with van der Waals surface area (Å²) < 4.78 is 0. The number of anilines is 3. The third kappa shape index (κ3) is 5.43. The summed E-state index contributed by atoms with van der Waals surface area (Å²) >= 11 is 0. The van der Waals surface area contributed by atoms with Crippen molar-refractivity contribution in [2.75, 3.05) is 4.90 Å². The lowest BCUT2D eigenvalue weighted by Crippen LogP contribution is -2.29. The molecule has 0 saturated heterocycles. The van der Waals surface area contributed by atoms with Gasteiger partial charge in [0.05, 0.1) is 11.1 Å². The molecule has 0 aliphatic heterocycles. The fourth-order valence-electron chi connectivity index (χ4n) is 12.7. The van der Waals surface area contributed by atoms with Crippen molar-refractivity contribution >= 4 is 22.6 Å². The molecule has 1 fully saturated rings. The number of rotatable bonds is 6. The zero-order valence-electron chi connectivity index (χ0n) is 36.0. The molecule has 2 unspecified atom stereocenters. The molecule has 0 heterocycles. The SMILES string of the molecule is C1=CC2=CC=C3C=C(c4ccccc4N(c4ccc5c(c4)C4(CCCCC4)c4ccccc4-5)c4ccc5c(c4)C(c4ccccc4)(c4ccccc4)c4ccccc4-5)C=CC3C2C=C1. The highest BCUT2D eigenvalue weighted by molar-refractivity contribution is 5.94. The quantitative estimate of drug-likeness (QED) is 0.162. The van der Waals surface area contributed by atoms with Crippen molar-refractivity contribution in [3.63, 3.8) is 0 Å². The molecule has 0 amide bonds. The van der Waals surface area contributed by atoms with Crippen molar-refractivity contribution in [3.8, 4) is 22.3 Å². The molecule has 0 N–H and O–H groups in total. The van der Waals surface area contributed by atoms with Gasteiger partial charge in [-0.1, -0.05) is 213 Å². The summed E-state index contributed by atoms with van der Waals surface area (Å²) in [5.74, 6) is 0.708. The highest BCUT2D eigenvalue weighted by atomic mass is 15.1. The highest BCUT2D eigenvalue weighted by Crippen LogP contribution is 2.59. The van der Waals surface area contributed by atoms with Crippen LogP contribution < -0.4 is 4.90 Å². The number of para-hydroxylation sites is 1. The van der Waals surface area contributed by atoms with E-state index >= 15 is 0 Å². The summed E-state index contributed by atoms with van der Waals surface area (Å²) in [6, 6.07) is 64.6. The first-order valence-electron chi connectivity index (χ1n) is 23.4. The van der Waals surface area contributed by atoms with Gasteiger partial charge in [0.1, 0.15) is 0 Å². The van der Waals surface area contributed by atoms with E-state index < -0.39 is 5.41 Å².